The van der Waals surface area contributed by atoms with E-state index in [1.807, 2.05) is 0 Å². The molecule has 3 rings (SSSR count). The molecule has 0 unspecified atom stereocenters. The minimum absolute atomic E-state index is 0.0725. The molecule has 3 aromatic carbocycles. The quantitative estimate of drug-likeness (QED) is 0.412. The SMILES string of the molecule is COc1ccc(N(CC(=O)NN=Cc2ccc(Cl)cc2)S(=O)(=O)c2ccccc2)cc1. The van der Waals surface area contributed by atoms with E-state index >= 15 is 0 Å². The largest absolute Gasteiger partial charge is 0.497 e. The molecule has 0 aliphatic rings. The zero-order valence-electron chi connectivity index (χ0n) is 16.6. The Bertz CT molecular complexity index is 1150. The van der Waals surface area contributed by atoms with Crippen LogP contribution in [0.15, 0.2) is 88.9 Å². The van der Waals surface area contributed by atoms with Crippen LogP contribution in [0, 0.1) is 0 Å². The molecule has 0 saturated heterocycles. The average Bonchev–Trinajstić information content (AvgIpc) is 2.79. The van der Waals surface area contributed by atoms with Crippen LogP contribution in [0.2, 0.25) is 5.02 Å². The lowest BCUT2D eigenvalue weighted by molar-refractivity contribution is -0.119. The first-order valence-electron chi connectivity index (χ1n) is 9.19. The zero-order valence-corrected chi connectivity index (χ0v) is 18.2. The summed E-state index contributed by atoms with van der Waals surface area (Å²) in [5.74, 6) is -0.0293. The van der Waals surface area contributed by atoms with E-state index in [1.165, 1.54) is 25.5 Å². The summed E-state index contributed by atoms with van der Waals surface area (Å²) in [7, 11) is -2.47. The van der Waals surface area contributed by atoms with Gasteiger partial charge in [0, 0.05) is 5.02 Å². The number of carbonyl (C=O) groups is 1. The highest BCUT2D eigenvalue weighted by atomic mass is 35.5. The highest BCUT2D eigenvalue weighted by Gasteiger charge is 2.27. The number of hydrazone groups is 1. The summed E-state index contributed by atoms with van der Waals surface area (Å²) in [6.07, 6.45) is 1.44. The van der Waals surface area contributed by atoms with Crippen molar-refractivity contribution >= 4 is 39.4 Å². The Kier molecular flexibility index (Phi) is 7.28. The Hall–Kier alpha value is -3.36. The van der Waals surface area contributed by atoms with Crippen molar-refractivity contribution in [3.8, 4) is 5.75 Å². The molecule has 0 bridgehead atoms. The number of carbonyl (C=O) groups excluding carboxylic acids is 1. The maximum Gasteiger partial charge on any atom is 0.264 e. The number of anilines is 1. The van der Waals surface area contributed by atoms with Crippen LogP contribution in [0.4, 0.5) is 5.69 Å². The summed E-state index contributed by atoms with van der Waals surface area (Å²) >= 11 is 5.84. The fourth-order valence-corrected chi connectivity index (χ4v) is 4.24. The van der Waals surface area contributed by atoms with E-state index in [-0.39, 0.29) is 4.90 Å². The normalized spacial score (nSPS) is 11.3. The van der Waals surface area contributed by atoms with Crippen LogP contribution >= 0.6 is 11.6 Å². The van der Waals surface area contributed by atoms with Crippen LogP contribution in [0.3, 0.4) is 0 Å². The molecule has 1 amide bonds. The van der Waals surface area contributed by atoms with Crippen LogP contribution in [0.1, 0.15) is 5.56 Å². The third-order valence-electron chi connectivity index (χ3n) is 4.25. The van der Waals surface area contributed by atoms with Crippen molar-refractivity contribution in [2.75, 3.05) is 18.0 Å². The van der Waals surface area contributed by atoms with Gasteiger partial charge in [0.2, 0.25) is 0 Å². The smallest absolute Gasteiger partial charge is 0.264 e. The van der Waals surface area contributed by atoms with Gasteiger partial charge in [-0.2, -0.15) is 5.10 Å². The first-order chi connectivity index (χ1) is 14.9. The molecular formula is C22H20ClN3O4S. The second-order valence-electron chi connectivity index (χ2n) is 6.37. The first kappa shape index (κ1) is 22.3. The van der Waals surface area contributed by atoms with Crippen LogP contribution in [0.25, 0.3) is 0 Å². The molecule has 1 N–H and O–H groups in total. The number of hydrogen-bond acceptors (Lipinski definition) is 5. The zero-order chi connectivity index (χ0) is 22.3. The molecule has 0 spiro atoms. The van der Waals surface area contributed by atoms with Crippen LogP contribution in [-0.4, -0.2) is 34.2 Å². The Balaban J connectivity index is 1.82. The van der Waals surface area contributed by atoms with Crippen LogP contribution in [0.5, 0.6) is 5.75 Å². The molecule has 0 radical (unpaired) electrons. The molecule has 31 heavy (non-hydrogen) atoms. The Morgan fingerprint density at radius 2 is 1.68 bits per heavy atom. The van der Waals surface area contributed by atoms with Gasteiger partial charge in [-0.05, 0) is 54.1 Å². The molecular weight excluding hydrogens is 438 g/mol. The van der Waals surface area contributed by atoms with Crippen molar-refractivity contribution in [2.45, 2.75) is 4.90 Å². The van der Waals surface area contributed by atoms with Gasteiger partial charge in [-0.15, -0.1) is 0 Å². The fraction of sp³-hybridized carbons (Fsp3) is 0.0909. The summed E-state index contributed by atoms with van der Waals surface area (Å²) < 4.78 is 32.6. The van der Waals surface area contributed by atoms with Crippen LogP contribution in [-0.2, 0) is 14.8 Å². The second kappa shape index (κ2) is 10.1. The number of halogens is 1. The maximum absolute atomic E-state index is 13.2. The van der Waals surface area contributed by atoms with Crippen molar-refractivity contribution in [1.82, 2.24) is 5.43 Å². The summed E-state index contributed by atoms with van der Waals surface area (Å²) in [4.78, 5) is 12.6. The molecule has 0 aliphatic heterocycles. The lowest BCUT2D eigenvalue weighted by Gasteiger charge is -2.23. The van der Waals surface area contributed by atoms with Gasteiger partial charge in [0.05, 0.1) is 23.9 Å². The van der Waals surface area contributed by atoms with Gasteiger partial charge in [0.25, 0.3) is 15.9 Å². The van der Waals surface area contributed by atoms with Crippen molar-refractivity contribution in [3.05, 3.63) is 89.4 Å². The number of nitrogens with one attached hydrogen (secondary N) is 1. The van der Waals surface area contributed by atoms with Gasteiger partial charge in [0.1, 0.15) is 12.3 Å². The topological polar surface area (TPSA) is 88.1 Å². The third-order valence-corrected chi connectivity index (χ3v) is 6.29. The van der Waals surface area contributed by atoms with Gasteiger partial charge >= 0.3 is 0 Å². The predicted molar refractivity (Wildman–Crippen MR) is 121 cm³/mol. The number of nitrogens with zero attached hydrogens (tertiary/aromatic N) is 2. The molecule has 7 nitrogen and oxygen atoms in total. The number of sulfonamides is 1. The van der Waals surface area contributed by atoms with Gasteiger partial charge in [-0.25, -0.2) is 13.8 Å². The fourth-order valence-electron chi connectivity index (χ4n) is 2.68. The van der Waals surface area contributed by atoms with Crippen molar-refractivity contribution in [1.29, 1.82) is 0 Å². The van der Waals surface area contributed by atoms with Crippen molar-refractivity contribution in [3.63, 3.8) is 0 Å². The van der Waals surface area contributed by atoms with Gasteiger partial charge in [-0.1, -0.05) is 41.9 Å². The lowest BCUT2D eigenvalue weighted by atomic mass is 10.2. The number of benzene rings is 3. The van der Waals surface area contributed by atoms with Gasteiger partial charge < -0.3 is 4.74 Å². The van der Waals surface area contributed by atoms with E-state index in [4.69, 9.17) is 16.3 Å². The third kappa shape index (κ3) is 5.84. The Morgan fingerprint density at radius 3 is 2.29 bits per heavy atom. The Labute approximate surface area is 186 Å². The highest BCUT2D eigenvalue weighted by molar-refractivity contribution is 7.92. The summed E-state index contributed by atoms with van der Waals surface area (Å²) in [6.45, 7) is -0.457. The number of rotatable bonds is 8. The van der Waals surface area contributed by atoms with E-state index in [1.54, 1.807) is 66.7 Å². The predicted octanol–water partition coefficient (Wildman–Crippen LogP) is 3.69. The molecule has 0 fully saturated rings. The minimum atomic E-state index is -3.99. The van der Waals surface area contributed by atoms with Crippen molar-refractivity contribution < 1.29 is 17.9 Å². The van der Waals surface area contributed by atoms with E-state index < -0.39 is 22.5 Å². The average molecular weight is 458 g/mol. The first-order valence-corrected chi connectivity index (χ1v) is 11.0. The standard InChI is InChI=1S/C22H20ClN3O4S/c1-30-20-13-11-19(12-14-20)26(31(28,29)21-5-3-2-4-6-21)16-22(27)25-24-15-17-7-9-18(23)10-8-17/h2-15H,16H2,1H3,(H,25,27). The number of hydrogen-bond donors (Lipinski definition) is 1. The molecule has 0 aliphatic carbocycles. The number of methoxy groups -OCH3 is 1. The summed E-state index contributed by atoms with van der Waals surface area (Å²) in [6, 6.07) is 21.2. The van der Waals surface area contributed by atoms with Crippen molar-refractivity contribution in [2.24, 2.45) is 5.10 Å². The number of amides is 1. The van der Waals surface area contributed by atoms with Gasteiger partial charge in [0.15, 0.2) is 0 Å². The molecule has 3 aromatic rings. The monoisotopic (exact) mass is 457 g/mol. The molecule has 0 aromatic heterocycles. The lowest BCUT2D eigenvalue weighted by Crippen LogP contribution is -2.39. The maximum atomic E-state index is 13.2. The molecule has 0 saturated carbocycles. The van der Waals surface area contributed by atoms with E-state index in [0.717, 1.165) is 9.87 Å². The van der Waals surface area contributed by atoms with E-state index in [2.05, 4.69) is 10.5 Å². The molecule has 0 heterocycles. The summed E-state index contributed by atoms with van der Waals surface area (Å²) in [5, 5.41) is 4.48. The van der Waals surface area contributed by atoms with Gasteiger partial charge in [-0.3, -0.25) is 9.10 Å². The molecule has 9 heteroatoms. The second-order valence-corrected chi connectivity index (χ2v) is 8.67. The molecule has 0 atom stereocenters. The van der Waals surface area contributed by atoms with E-state index in [9.17, 15) is 13.2 Å². The van der Waals surface area contributed by atoms with Crippen LogP contribution < -0.4 is 14.5 Å². The minimum Gasteiger partial charge on any atom is -0.497 e. The highest BCUT2D eigenvalue weighted by Crippen LogP contribution is 2.25. The molecule has 160 valence electrons. The Morgan fingerprint density at radius 1 is 1.03 bits per heavy atom. The summed E-state index contributed by atoms with van der Waals surface area (Å²) in [5.41, 5.74) is 3.41. The number of ether oxygens (including phenoxy) is 1. The van der Waals surface area contributed by atoms with E-state index in [0.29, 0.717) is 16.5 Å².